The Labute approximate surface area is 197 Å². The largest absolute Gasteiger partial charge is 0.491 e. The lowest BCUT2D eigenvalue weighted by Gasteiger charge is -2.28. The molecule has 0 saturated heterocycles. The SMILES string of the molecule is Cc1cccc(-c2c3c(=O)n(C)c(=O)n(C)c3c3n2CCOC3c2ccc(OC(C)C)cc2)c1. The summed E-state index contributed by atoms with van der Waals surface area (Å²) in [5.74, 6) is 0.788. The lowest BCUT2D eigenvalue weighted by Crippen LogP contribution is -2.37. The Hall–Kier alpha value is -3.58. The summed E-state index contributed by atoms with van der Waals surface area (Å²) in [5.41, 5.74) is 4.63. The van der Waals surface area contributed by atoms with Crippen LogP contribution in [0.3, 0.4) is 0 Å². The van der Waals surface area contributed by atoms with Crippen LogP contribution in [-0.4, -0.2) is 26.4 Å². The fraction of sp³-hybridized carbons (Fsp3) is 0.333. The van der Waals surface area contributed by atoms with Gasteiger partial charge in [-0.25, -0.2) is 4.79 Å². The minimum Gasteiger partial charge on any atom is -0.491 e. The minimum atomic E-state index is -0.416. The first-order chi connectivity index (χ1) is 16.3. The molecular formula is C27H29N3O4. The summed E-state index contributed by atoms with van der Waals surface area (Å²) in [6, 6.07) is 16.0. The number of fused-ring (bicyclic) bond motifs is 3. The van der Waals surface area contributed by atoms with Crippen LogP contribution in [0.25, 0.3) is 22.2 Å². The summed E-state index contributed by atoms with van der Waals surface area (Å²) < 4.78 is 17.0. The molecule has 2 aromatic carbocycles. The quantitative estimate of drug-likeness (QED) is 0.464. The van der Waals surface area contributed by atoms with E-state index in [2.05, 4.69) is 10.6 Å². The molecular weight excluding hydrogens is 430 g/mol. The van der Waals surface area contributed by atoms with Gasteiger partial charge in [-0.3, -0.25) is 13.9 Å². The van der Waals surface area contributed by atoms with E-state index in [4.69, 9.17) is 9.47 Å². The van der Waals surface area contributed by atoms with Gasteiger partial charge in [-0.2, -0.15) is 0 Å². The molecule has 0 saturated carbocycles. The molecule has 2 aromatic heterocycles. The monoisotopic (exact) mass is 459 g/mol. The van der Waals surface area contributed by atoms with E-state index in [1.165, 1.54) is 11.6 Å². The molecule has 4 aromatic rings. The summed E-state index contributed by atoms with van der Waals surface area (Å²) in [7, 11) is 3.25. The van der Waals surface area contributed by atoms with Crippen molar-refractivity contribution < 1.29 is 9.47 Å². The smallest absolute Gasteiger partial charge is 0.331 e. The summed E-state index contributed by atoms with van der Waals surface area (Å²) in [6.07, 6.45) is -0.332. The van der Waals surface area contributed by atoms with E-state index >= 15 is 0 Å². The zero-order valence-corrected chi connectivity index (χ0v) is 20.2. The van der Waals surface area contributed by atoms with Gasteiger partial charge in [0.1, 0.15) is 11.9 Å². The van der Waals surface area contributed by atoms with Crippen molar-refractivity contribution in [3.05, 3.63) is 86.2 Å². The van der Waals surface area contributed by atoms with Gasteiger partial charge in [-0.1, -0.05) is 35.9 Å². The molecule has 1 atom stereocenters. The first-order valence-corrected chi connectivity index (χ1v) is 11.5. The molecule has 1 unspecified atom stereocenters. The molecule has 0 amide bonds. The van der Waals surface area contributed by atoms with Crippen LogP contribution in [0.4, 0.5) is 0 Å². The third-order valence-corrected chi connectivity index (χ3v) is 6.40. The average Bonchev–Trinajstić information content (AvgIpc) is 3.17. The molecule has 5 rings (SSSR count). The standard InChI is InChI=1S/C27H29N3O4/c1-16(2)34-20-11-9-18(10-12-20)25-24-23-21(26(31)29(5)27(32)28(23)4)22(30(24)13-14-33-25)19-8-6-7-17(3)15-19/h6-12,15-16,25H,13-14H2,1-5H3. The summed E-state index contributed by atoms with van der Waals surface area (Å²) >= 11 is 0. The Balaban J connectivity index is 1.82. The summed E-state index contributed by atoms with van der Waals surface area (Å²) in [5, 5.41) is 0.542. The normalized spacial score (nSPS) is 15.6. The predicted molar refractivity (Wildman–Crippen MR) is 133 cm³/mol. The van der Waals surface area contributed by atoms with E-state index < -0.39 is 6.10 Å². The van der Waals surface area contributed by atoms with Crippen molar-refractivity contribution in [1.82, 2.24) is 13.7 Å². The van der Waals surface area contributed by atoms with Crippen molar-refractivity contribution in [3.8, 4) is 17.0 Å². The highest BCUT2D eigenvalue weighted by Gasteiger charge is 2.33. The maximum Gasteiger partial charge on any atom is 0.331 e. The summed E-state index contributed by atoms with van der Waals surface area (Å²) in [4.78, 5) is 26.4. The van der Waals surface area contributed by atoms with Gasteiger partial charge in [0.2, 0.25) is 0 Å². The van der Waals surface area contributed by atoms with Crippen LogP contribution in [-0.2, 0) is 25.4 Å². The van der Waals surface area contributed by atoms with Crippen molar-refractivity contribution in [1.29, 1.82) is 0 Å². The van der Waals surface area contributed by atoms with E-state index in [0.717, 1.165) is 33.8 Å². The summed E-state index contributed by atoms with van der Waals surface area (Å²) in [6.45, 7) is 7.11. The molecule has 7 heteroatoms. The van der Waals surface area contributed by atoms with Crippen LogP contribution in [0.5, 0.6) is 5.75 Å². The molecule has 0 bridgehead atoms. The van der Waals surface area contributed by atoms with E-state index in [-0.39, 0.29) is 17.4 Å². The van der Waals surface area contributed by atoms with Crippen LogP contribution in [0.1, 0.15) is 36.8 Å². The number of ether oxygens (including phenoxy) is 2. The highest BCUT2D eigenvalue weighted by atomic mass is 16.5. The lowest BCUT2D eigenvalue weighted by molar-refractivity contribution is 0.0478. The van der Waals surface area contributed by atoms with E-state index in [0.29, 0.717) is 24.1 Å². The number of hydrogen-bond donors (Lipinski definition) is 0. The second-order valence-electron chi connectivity index (χ2n) is 9.17. The first kappa shape index (κ1) is 22.2. The Morgan fingerprint density at radius 2 is 1.76 bits per heavy atom. The van der Waals surface area contributed by atoms with Gasteiger partial charge < -0.3 is 14.0 Å². The van der Waals surface area contributed by atoms with Gasteiger partial charge >= 0.3 is 5.69 Å². The van der Waals surface area contributed by atoms with Gasteiger partial charge in [-0.05, 0) is 50.1 Å². The number of aryl methyl sites for hydroxylation is 2. The maximum atomic E-state index is 13.5. The molecule has 0 spiro atoms. The number of rotatable bonds is 4. The van der Waals surface area contributed by atoms with E-state index in [9.17, 15) is 9.59 Å². The van der Waals surface area contributed by atoms with Gasteiger partial charge in [-0.15, -0.1) is 0 Å². The van der Waals surface area contributed by atoms with Gasteiger partial charge in [0.25, 0.3) is 5.56 Å². The molecule has 0 radical (unpaired) electrons. The van der Waals surface area contributed by atoms with Crippen LogP contribution >= 0.6 is 0 Å². The predicted octanol–water partition coefficient (Wildman–Crippen LogP) is 3.92. The molecule has 0 aliphatic carbocycles. The molecule has 7 nitrogen and oxygen atoms in total. The van der Waals surface area contributed by atoms with Gasteiger partial charge in [0, 0.05) is 20.6 Å². The molecule has 176 valence electrons. The topological polar surface area (TPSA) is 67.4 Å². The van der Waals surface area contributed by atoms with E-state index in [1.54, 1.807) is 11.6 Å². The Bertz CT molecular complexity index is 1510. The number of aromatic nitrogens is 3. The molecule has 3 heterocycles. The highest BCUT2D eigenvalue weighted by Crippen LogP contribution is 2.41. The second-order valence-corrected chi connectivity index (χ2v) is 9.17. The van der Waals surface area contributed by atoms with Crippen LogP contribution in [0.15, 0.2) is 58.1 Å². The minimum absolute atomic E-state index is 0.0839. The highest BCUT2D eigenvalue weighted by molar-refractivity contribution is 5.96. The zero-order chi connectivity index (χ0) is 24.1. The fourth-order valence-electron chi connectivity index (χ4n) is 4.92. The zero-order valence-electron chi connectivity index (χ0n) is 20.2. The van der Waals surface area contributed by atoms with Crippen molar-refractivity contribution in [3.63, 3.8) is 0 Å². The van der Waals surface area contributed by atoms with Crippen LogP contribution in [0.2, 0.25) is 0 Å². The molecule has 1 aliphatic heterocycles. The fourth-order valence-corrected chi connectivity index (χ4v) is 4.92. The molecule has 0 N–H and O–H groups in total. The first-order valence-electron chi connectivity index (χ1n) is 11.5. The number of benzene rings is 2. The van der Waals surface area contributed by atoms with Crippen molar-refractivity contribution in [2.24, 2.45) is 14.1 Å². The third kappa shape index (κ3) is 3.47. The van der Waals surface area contributed by atoms with Crippen molar-refractivity contribution in [2.45, 2.75) is 39.5 Å². The molecule has 0 fully saturated rings. The number of hydrogen-bond acceptors (Lipinski definition) is 4. The average molecular weight is 460 g/mol. The lowest BCUT2D eigenvalue weighted by atomic mass is 10.0. The second kappa shape index (κ2) is 8.33. The third-order valence-electron chi connectivity index (χ3n) is 6.40. The van der Waals surface area contributed by atoms with Crippen molar-refractivity contribution in [2.75, 3.05) is 6.61 Å². The van der Waals surface area contributed by atoms with Gasteiger partial charge in [0.05, 0.1) is 35.0 Å². The van der Waals surface area contributed by atoms with E-state index in [1.807, 2.05) is 63.2 Å². The number of nitrogens with zero attached hydrogens (tertiary/aromatic N) is 3. The van der Waals surface area contributed by atoms with Crippen LogP contribution in [0, 0.1) is 6.92 Å². The van der Waals surface area contributed by atoms with Crippen molar-refractivity contribution >= 4 is 10.9 Å². The van der Waals surface area contributed by atoms with Crippen LogP contribution < -0.4 is 16.0 Å². The maximum absolute atomic E-state index is 13.5. The Morgan fingerprint density at radius 1 is 1.03 bits per heavy atom. The van der Waals surface area contributed by atoms with Gasteiger partial charge in [0.15, 0.2) is 0 Å². The molecule has 34 heavy (non-hydrogen) atoms. The molecule has 1 aliphatic rings. The Kier molecular flexibility index (Phi) is 5.44. The Morgan fingerprint density at radius 3 is 2.44 bits per heavy atom.